The van der Waals surface area contributed by atoms with E-state index in [1.165, 1.54) is 18.4 Å². The Bertz CT molecular complexity index is 454. The van der Waals surface area contributed by atoms with Gasteiger partial charge in [-0.1, -0.05) is 33.6 Å². The minimum atomic E-state index is 0.286. The van der Waals surface area contributed by atoms with Crippen molar-refractivity contribution in [1.82, 2.24) is 10.2 Å². The van der Waals surface area contributed by atoms with Crippen LogP contribution in [0.15, 0.2) is 22.7 Å². The summed E-state index contributed by atoms with van der Waals surface area (Å²) in [6, 6.07) is 7.16. The predicted octanol–water partition coefficient (Wildman–Crippen LogP) is 3.86. The monoisotopic (exact) mass is 374 g/mol. The molecule has 1 aliphatic rings. The summed E-state index contributed by atoms with van der Waals surface area (Å²) in [7, 11) is 3.77. The summed E-state index contributed by atoms with van der Waals surface area (Å²) in [5, 5.41) is 4.21. The van der Waals surface area contributed by atoms with E-state index in [2.05, 4.69) is 38.3 Å². The van der Waals surface area contributed by atoms with Gasteiger partial charge in [0.1, 0.15) is 0 Å². The summed E-state index contributed by atoms with van der Waals surface area (Å²) >= 11 is 9.83. The van der Waals surface area contributed by atoms with Gasteiger partial charge in [-0.05, 0) is 44.0 Å². The molecule has 1 aromatic rings. The normalized spacial score (nSPS) is 16.4. The van der Waals surface area contributed by atoms with Crippen molar-refractivity contribution < 1.29 is 4.74 Å². The van der Waals surface area contributed by atoms with E-state index < -0.39 is 0 Å². The maximum atomic E-state index is 6.37. The number of ether oxygens (including phenoxy) is 1. The van der Waals surface area contributed by atoms with Crippen LogP contribution in [0.2, 0.25) is 5.02 Å². The molecule has 0 spiro atoms. The first-order chi connectivity index (χ1) is 10.2. The summed E-state index contributed by atoms with van der Waals surface area (Å²) < 4.78 is 6.24. The number of hydrogen-bond donors (Lipinski definition) is 1. The average Bonchev–Trinajstić information content (AvgIpc) is 3.29. The van der Waals surface area contributed by atoms with Gasteiger partial charge in [-0.15, -0.1) is 0 Å². The smallest absolute Gasteiger partial charge is 0.0589 e. The number of hydrogen-bond acceptors (Lipinski definition) is 3. The molecule has 118 valence electrons. The number of nitrogens with zero attached hydrogens (tertiary/aromatic N) is 1. The molecule has 21 heavy (non-hydrogen) atoms. The Morgan fingerprint density at radius 2 is 2.19 bits per heavy atom. The Morgan fingerprint density at radius 3 is 2.76 bits per heavy atom. The average molecular weight is 376 g/mol. The van der Waals surface area contributed by atoms with Gasteiger partial charge in [0, 0.05) is 41.8 Å². The Balaban J connectivity index is 1.94. The van der Waals surface area contributed by atoms with E-state index in [-0.39, 0.29) is 6.04 Å². The maximum absolute atomic E-state index is 6.37. The summed E-state index contributed by atoms with van der Waals surface area (Å²) in [5.74, 6) is 0. The molecule has 1 atom stereocenters. The van der Waals surface area contributed by atoms with Crippen LogP contribution in [0, 0.1) is 0 Å². The Labute approximate surface area is 141 Å². The summed E-state index contributed by atoms with van der Waals surface area (Å²) in [6.07, 6.45) is 3.71. The summed E-state index contributed by atoms with van der Waals surface area (Å²) in [5.41, 5.74) is 1.17. The molecule has 1 saturated carbocycles. The number of rotatable bonds is 9. The lowest BCUT2D eigenvalue weighted by Gasteiger charge is -2.25. The standard InChI is InChI=1S/C16H24BrClN2O/c1-19-16(14-6-3-12(17)11-15(14)18)7-8-20(9-10-21-2)13-4-5-13/h3,6,11,13,16,19H,4-5,7-10H2,1-2H3. The molecule has 2 rings (SSSR count). The van der Waals surface area contributed by atoms with Gasteiger partial charge in [-0.3, -0.25) is 4.90 Å². The van der Waals surface area contributed by atoms with Crippen LogP contribution in [0.1, 0.15) is 30.9 Å². The molecule has 1 unspecified atom stereocenters. The number of methoxy groups -OCH3 is 1. The van der Waals surface area contributed by atoms with Crippen molar-refractivity contribution >= 4 is 27.5 Å². The molecule has 1 fully saturated rings. The van der Waals surface area contributed by atoms with Gasteiger partial charge < -0.3 is 10.1 Å². The van der Waals surface area contributed by atoms with Gasteiger partial charge in [-0.2, -0.15) is 0 Å². The van der Waals surface area contributed by atoms with Crippen molar-refractivity contribution in [2.24, 2.45) is 0 Å². The lowest BCUT2D eigenvalue weighted by Crippen LogP contribution is -2.33. The van der Waals surface area contributed by atoms with Crippen LogP contribution < -0.4 is 5.32 Å². The van der Waals surface area contributed by atoms with Crippen LogP contribution in [0.3, 0.4) is 0 Å². The first kappa shape index (κ1) is 17.2. The van der Waals surface area contributed by atoms with E-state index in [1.807, 2.05) is 13.1 Å². The van der Waals surface area contributed by atoms with Crippen LogP contribution >= 0.6 is 27.5 Å². The fourth-order valence-electron chi connectivity index (χ4n) is 2.66. The zero-order chi connectivity index (χ0) is 15.2. The highest BCUT2D eigenvalue weighted by Gasteiger charge is 2.29. The molecular weight excluding hydrogens is 352 g/mol. The van der Waals surface area contributed by atoms with Crippen LogP contribution in [-0.2, 0) is 4.74 Å². The molecule has 0 bridgehead atoms. The highest BCUT2D eigenvalue weighted by Crippen LogP contribution is 2.30. The maximum Gasteiger partial charge on any atom is 0.0589 e. The molecule has 0 saturated heterocycles. The Morgan fingerprint density at radius 1 is 1.43 bits per heavy atom. The summed E-state index contributed by atoms with van der Waals surface area (Å²) in [6.45, 7) is 2.90. The van der Waals surface area contributed by atoms with Gasteiger partial charge in [0.2, 0.25) is 0 Å². The molecule has 1 aliphatic carbocycles. The second-order valence-corrected chi connectivity index (χ2v) is 6.88. The van der Waals surface area contributed by atoms with Crippen molar-refractivity contribution in [2.75, 3.05) is 33.9 Å². The van der Waals surface area contributed by atoms with Gasteiger partial charge in [-0.25, -0.2) is 0 Å². The highest BCUT2D eigenvalue weighted by molar-refractivity contribution is 9.10. The fraction of sp³-hybridized carbons (Fsp3) is 0.625. The van der Waals surface area contributed by atoms with Crippen molar-refractivity contribution in [1.29, 1.82) is 0 Å². The van der Waals surface area contributed by atoms with Crippen LogP contribution in [0.4, 0.5) is 0 Å². The molecule has 1 N–H and O–H groups in total. The van der Waals surface area contributed by atoms with Gasteiger partial charge in [0.05, 0.1) is 6.61 Å². The van der Waals surface area contributed by atoms with E-state index in [1.54, 1.807) is 7.11 Å². The molecule has 5 heteroatoms. The molecule has 0 radical (unpaired) electrons. The van der Waals surface area contributed by atoms with Crippen molar-refractivity contribution in [3.05, 3.63) is 33.3 Å². The molecule has 0 aromatic heterocycles. The summed E-state index contributed by atoms with van der Waals surface area (Å²) in [4.78, 5) is 2.54. The van der Waals surface area contributed by atoms with E-state index >= 15 is 0 Å². The van der Waals surface area contributed by atoms with Gasteiger partial charge >= 0.3 is 0 Å². The second kappa shape index (κ2) is 8.49. The van der Waals surface area contributed by atoms with E-state index in [0.29, 0.717) is 0 Å². The van der Waals surface area contributed by atoms with Gasteiger partial charge in [0.25, 0.3) is 0 Å². The molecule has 3 nitrogen and oxygen atoms in total. The zero-order valence-electron chi connectivity index (χ0n) is 12.7. The second-order valence-electron chi connectivity index (χ2n) is 5.56. The molecule has 0 aliphatic heterocycles. The third-order valence-corrected chi connectivity index (χ3v) is 4.86. The van der Waals surface area contributed by atoms with Crippen LogP contribution in [-0.4, -0.2) is 44.8 Å². The first-order valence-corrected chi connectivity index (χ1v) is 8.68. The first-order valence-electron chi connectivity index (χ1n) is 7.51. The lowest BCUT2D eigenvalue weighted by molar-refractivity contribution is 0.140. The van der Waals surface area contributed by atoms with Crippen LogP contribution in [0.25, 0.3) is 0 Å². The van der Waals surface area contributed by atoms with E-state index in [4.69, 9.17) is 16.3 Å². The van der Waals surface area contributed by atoms with Crippen molar-refractivity contribution in [2.45, 2.75) is 31.3 Å². The number of nitrogens with one attached hydrogen (secondary N) is 1. The number of benzene rings is 1. The van der Waals surface area contributed by atoms with E-state index in [0.717, 1.165) is 41.7 Å². The molecule has 1 aromatic carbocycles. The van der Waals surface area contributed by atoms with Crippen LogP contribution in [0.5, 0.6) is 0 Å². The molecular formula is C16H24BrClN2O. The minimum absolute atomic E-state index is 0.286. The lowest BCUT2D eigenvalue weighted by atomic mass is 10.0. The molecule has 0 amide bonds. The third kappa shape index (κ3) is 5.22. The quantitative estimate of drug-likeness (QED) is 0.709. The zero-order valence-corrected chi connectivity index (χ0v) is 15.1. The van der Waals surface area contributed by atoms with Crippen molar-refractivity contribution in [3.63, 3.8) is 0 Å². The molecule has 0 heterocycles. The predicted molar refractivity (Wildman–Crippen MR) is 92.0 cm³/mol. The Kier molecular flexibility index (Phi) is 6.96. The topological polar surface area (TPSA) is 24.5 Å². The largest absolute Gasteiger partial charge is 0.383 e. The number of halogens is 2. The SMILES string of the molecule is CNC(CCN(CCOC)C1CC1)c1ccc(Br)cc1Cl. The minimum Gasteiger partial charge on any atom is -0.383 e. The highest BCUT2D eigenvalue weighted by atomic mass is 79.9. The Hall–Kier alpha value is -0.130. The van der Waals surface area contributed by atoms with E-state index in [9.17, 15) is 0 Å². The van der Waals surface area contributed by atoms with Gasteiger partial charge in [0.15, 0.2) is 0 Å². The van der Waals surface area contributed by atoms with Crippen molar-refractivity contribution in [3.8, 4) is 0 Å². The third-order valence-electron chi connectivity index (χ3n) is 4.04. The fourth-order valence-corrected chi connectivity index (χ4v) is 3.46.